The van der Waals surface area contributed by atoms with Crippen LogP contribution < -0.4 is 4.87 Å². The summed E-state index contributed by atoms with van der Waals surface area (Å²) in [6.07, 6.45) is 0. The van der Waals surface area contributed by atoms with Gasteiger partial charge in [-0.05, 0) is 29.8 Å². The largest absolute Gasteiger partial charge is 0.308 e. The average molecular weight is 437 g/mol. The molecule has 0 unspecified atom stereocenters. The maximum atomic E-state index is 12.3. The van der Waals surface area contributed by atoms with Crippen LogP contribution in [0.3, 0.4) is 0 Å². The van der Waals surface area contributed by atoms with E-state index in [0.29, 0.717) is 22.3 Å². The van der Waals surface area contributed by atoms with Crippen LogP contribution in [0.5, 0.6) is 0 Å². The molecule has 138 valence electrons. The summed E-state index contributed by atoms with van der Waals surface area (Å²) in [5.74, 6) is 1.43. The molecule has 0 saturated heterocycles. The molecular weight excluding hydrogens is 423 g/mol. The van der Waals surface area contributed by atoms with Crippen molar-refractivity contribution in [2.75, 3.05) is 0 Å². The van der Waals surface area contributed by atoms with Crippen LogP contribution in [0.1, 0.15) is 11.4 Å². The molecule has 4 rings (SSSR count). The van der Waals surface area contributed by atoms with Crippen LogP contribution >= 0.6 is 46.3 Å². The van der Waals surface area contributed by atoms with Gasteiger partial charge in [-0.2, -0.15) is 0 Å². The standard InChI is InChI=1S/C18H14Cl2N4OS2/c1-23-16(9-24-14-4-2-3-5-15(14)27-18(24)25)21-22-17(23)26-10-11-6-7-12(19)13(20)8-11/h2-8H,9-10H2,1H3. The van der Waals surface area contributed by atoms with Crippen LogP contribution in [0.4, 0.5) is 0 Å². The van der Waals surface area contributed by atoms with Crippen molar-refractivity contribution in [3.63, 3.8) is 0 Å². The molecule has 0 N–H and O–H groups in total. The fourth-order valence-electron chi connectivity index (χ4n) is 2.69. The highest BCUT2D eigenvalue weighted by atomic mass is 35.5. The Morgan fingerprint density at radius 2 is 1.93 bits per heavy atom. The molecule has 0 aliphatic rings. The SMILES string of the molecule is Cn1c(Cn2c(=O)sc3ccccc32)nnc1SCc1ccc(Cl)c(Cl)c1. The third kappa shape index (κ3) is 3.78. The average Bonchev–Trinajstić information content (AvgIpc) is 3.17. The van der Waals surface area contributed by atoms with E-state index < -0.39 is 0 Å². The number of hydrogen-bond acceptors (Lipinski definition) is 5. The quantitative estimate of drug-likeness (QED) is 0.420. The maximum absolute atomic E-state index is 12.3. The van der Waals surface area contributed by atoms with E-state index >= 15 is 0 Å². The van der Waals surface area contributed by atoms with E-state index in [0.717, 1.165) is 26.8 Å². The Bertz CT molecular complexity index is 1180. The van der Waals surface area contributed by atoms with Crippen LogP contribution in [-0.2, 0) is 19.3 Å². The number of aromatic nitrogens is 4. The first-order chi connectivity index (χ1) is 13.0. The highest BCUT2D eigenvalue weighted by Crippen LogP contribution is 2.27. The topological polar surface area (TPSA) is 52.7 Å². The fraction of sp³-hybridized carbons (Fsp3) is 0.167. The molecule has 0 atom stereocenters. The smallest absolute Gasteiger partial charge is 0.308 e. The summed E-state index contributed by atoms with van der Waals surface area (Å²) in [5, 5.41) is 10.4. The normalized spacial score (nSPS) is 11.4. The summed E-state index contributed by atoms with van der Waals surface area (Å²) in [4.78, 5) is 12.3. The van der Waals surface area contributed by atoms with Gasteiger partial charge in [0.1, 0.15) is 0 Å². The highest BCUT2D eigenvalue weighted by Gasteiger charge is 2.14. The number of fused-ring (bicyclic) bond motifs is 1. The van der Waals surface area contributed by atoms with Crippen molar-refractivity contribution < 1.29 is 0 Å². The van der Waals surface area contributed by atoms with E-state index in [2.05, 4.69) is 10.2 Å². The zero-order chi connectivity index (χ0) is 19.0. The van der Waals surface area contributed by atoms with Gasteiger partial charge in [-0.15, -0.1) is 10.2 Å². The minimum absolute atomic E-state index is 0.00390. The van der Waals surface area contributed by atoms with Crippen molar-refractivity contribution in [2.24, 2.45) is 7.05 Å². The lowest BCUT2D eigenvalue weighted by atomic mass is 10.2. The van der Waals surface area contributed by atoms with Gasteiger partial charge in [0.25, 0.3) is 0 Å². The highest BCUT2D eigenvalue weighted by molar-refractivity contribution is 7.98. The zero-order valence-electron chi connectivity index (χ0n) is 14.2. The minimum atomic E-state index is 0.00390. The molecule has 2 heterocycles. The second-order valence-electron chi connectivity index (χ2n) is 5.92. The van der Waals surface area contributed by atoms with E-state index in [1.54, 1.807) is 22.4 Å². The number of halogens is 2. The molecule has 0 saturated carbocycles. The molecule has 5 nitrogen and oxygen atoms in total. The Hall–Kier alpha value is -1.80. The zero-order valence-corrected chi connectivity index (χ0v) is 17.4. The Morgan fingerprint density at radius 3 is 2.74 bits per heavy atom. The number of benzene rings is 2. The molecular formula is C18H14Cl2N4OS2. The van der Waals surface area contributed by atoms with Crippen molar-refractivity contribution in [1.82, 2.24) is 19.3 Å². The summed E-state index contributed by atoms with van der Waals surface area (Å²) in [6.45, 7) is 0.389. The second-order valence-corrected chi connectivity index (χ2v) is 8.67. The Labute approximate surface area is 173 Å². The molecule has 2 aromatic carbocycles. The molecule has 2 aromatic heterocycles. The first-order valence-corrected chi connectivity index (χ1v) is 10.6. The number of thiazole rings is 1. The third-order valence-corrected chi connectivity index (χ3v) is 6.94. The lowest BCUT2D eigenvalue weighted by Crippen LogP contribution is -2.16. The number of para-hydroxylation sites is 1. The lowest BCUT2D eigenvalue weighted by molar-refractivity contribution is 0.681. The maximum Gasteiger partial charge on any atom is 0.308 e. The van der Waals surface area contributed by atoms with Crippen LogP contribution in [0.25, 0.3) is 10.2 Å². The first kappa shape index (κ1) is 18.6. The van der Waals surface area contributed by atoms with Gasteiger partial charge in [0.15, 0.2) is 11.0 Å². The molecule has 0 spiro atoms. The summed E-state index contributed by atoms with van der Waals surface area (Å²) >= 11 is 14.8. The number of nitrogens with zero attached hydrogens (tertiary/aromatic N) is 4. The molecule has 0 bridgehead atoms. The number of hydrogen-bond donors (Lipinski definition) is 0. The third-order valence-electron chi connectivity index (χ3n) is 4.15. The summed E-state index contributed by atoms with van der Waals surface area (Å²) in [7, 11) is 1.91. The molecule has 0 aliphatic heterocycles. The first-order valence-electron chi connectivity index (χ1n) is 8.06. The molecule has 0 amide bonds. The van der Waals surface area contributed by atoms with Gasteiger partial charge in [-0.25, -0.2) is 0 Å². The number of rotatable bonds is 5. The molecule has 0 radical (unpaired) electrons. The Balaban J connectivity index is 1.54. The van der Waals surface area contributed by atoms with Crippen LogP contribution in [0.2, 0.25) is 10.0 Å². The molecule has 27 heavy (non-hydrogen) atoms. The van der Waals surface area contributed by atoms with Crippen molar-refractivity contribution in [3.8, 4) is 0 Å². The van der Waals surface area contributed by atoms with Gasteiger partial charge in [-0.1, -0.05) is 64.5 Å². The van der Waals surface area contributed by atoms with Gasteiger partial charge >= 0.3 is 4.87 Å². The molecule has 9 heteroatoms. The van der Waals surface area contributed by atoms with Crippen molar-refractivity contribution in [3.05, 3.63) is 73.6 Å². The van der Waals surface area contributed by atoms with Gasteiger partial charge in [-0.3, -0.25) is 9.36 Å². The number of thioether (sulfide) groups is 1. The lowest BCUT2D eigenvalue weighted by Gasteiger charge is -2.06. The van der Waals surface area contributed by atoms with Crippen molar-refractivity contribution in [1.29, 1.82) is 0 Å². The second kappa shape index (κ2) is 7.67. The Kier molecular flexibility index (Phi) is 5.27. The van der Waals surface area contributed by atoms with Gasteiger partial charge in [0, 0.05) is 12.8 Å². The van der Waals surface area contributed by atoms with Crippen LogP contribution in [0, 0.1) is 0 Å². The fourth-order valence-corrected chi connectivity index (χ4v) is 4.78. The summed E-state index contributed by atoms with van der Waals surface area (Å²) in [5.41, 5.74) is 1.97. The molecule has 4 aromatic rings. The predicted octanol–water partition coefficient (Wildman–Crippen LogP) is 4.84. The van der Waals surface area contributed by atoms with Gasteiger partial charge in [0.05, 0.1) is 26.8 Å². The van der Waals surface area contributed by atoms with Crippen LogP contribution in [0.15, 0.2) is 52.4 Å². The van der Waals surface area contributed by atoms with Gasteiger partial charge in [0.2, 0.25) is 0 Å². The predicted molar refractivity (Wildman–Crippen MR) is 112 cm³/mol. The van der Waals surface area contributed by atoms with E-state index in [9.17, 15) is 4.79 Å². The van der Waals surface area contributed by atoms with E-state index in [1.165, 1.54) is 11.3 Å². The summed E-state index contributed by atoms with van der Waals surface area (Å²) in [6, 6.07) is 13.3. The molecule has 0 fully saturated rings. The van der Waals surface area contributed by atoms with E-state index in [1.807, 2.05) is 48.0 Å². The monoisotopic (exact) mass is 436 g/mol. The summed E-state index contributed by atoms with van der Waals surface area (Å²) < 4.78 is 4.62. The van der Waals surface area contributed by atoms with Gasteiger partial charge < -0.3 is 4.57 Å². The van der Waals surface area contributed by atoms with E-state index in [-0.39, 0.29) is 4.87 Å². The van der Waals surface area contributed by atoms with Crippen molar-refractivity contribution in [2.45, 2.75) is 17.5 Å². The van der Waals surface area contributed by atoms with Crippen LogP contribution in [-0.4, -0.2) is 19.3 Å². The Morgan fingerprint density at radius 1 is 1.11 bits per heavy atom. The minimum Gasteiger partial charge on any atom is -0.308 e. The van der Waals surface area contributed by atoms with E-state index in [4.69, 9.17) is 23.2 Å². The molecule has 0 aliphatic carbocycles. The van der Waals surface area contributed by atoms with Crippen molar-refractivity contribution >= 4 is 56.5 Å².